The van der Waals surface area contributed by atoms with Gasteiger partial charge in [-0.15, -0.1) is 11.3 Å². The first-order valence-electron chi connectivity index (χ1n) is 10.9. The van der Waals surface area contributed by atoms with Crippen molar-refractivity contribution < 1.29 is 9.59 Å². The lowest BCUT2D eigenvalue weighted by Gasteiger charge is -2.37. The molecule has 2 fully saturated rings. The number of piperidine rings is 1. The normalized spacial score (nSPS) is 18.4. The van der Waals surface area contributed by atoms with E-state index in [0.717, 1.165) is 74.8 Å². The Bertz CT molecular complexity index is 854. The van der Waals surface area contributed by atoms with Crippen molar-refractivity contribution >= 4 is 28.8 Å². The number of piperazine rings is 1. The monoisotopic (exact) mass is 426 g/mol. The molecule has 2 amide bonds. The first-order chi connectivity index (χ1) is 14.7. The lowest BCUT2D eigenvalue weighted by molar-refractivity contribution is 0.0644. The standard InChI is InChI=1S/C23H30N4O2S/c1-2-25-13-15-27(16-14-25)23(29)19-6-3-4-7-20(19)26-11-9-18(10-12-26)24-22(28)21-8-5-17-30-21/h3-8,17-18H,2,9-16H2,1H3,(H,24,28). The zero-order valence-corrected chi connectivity index (χ0v) is 18.4. The molecular formula is C23H30N4O2S. The van der Waals surface area contributed by atoms with Gasteiger partial charge in [-0.05, 0) is 43.0 Å². The number of nitrogens with zero attached hydrogens (tertiary/aromatic N) is 3. The van der Waals surface area contributed by atoms with Crippen LogP contribution in [0.2, 0.25) is 0 Å². The number of thiophene rings is 1. The number of carbonyl (C=O) groups is 2. The maximum atomic E-state index is 13.2. The van der Waals surface area contributed by atoms with E-state index < -0.39 is 0 Å². The molecule has 1 N–H and O–H groups in total. The molecule has 0 spiro atoms. The third kappa shape index (κ3) is 4.68. The van der Waals surface area contributed by atoms with Crippen LogP contribution in [0.15, 0.2) is 41.8 Å². The number of likely N-dealkylation sites (N-methyl/N-ethyl adjacent to an activating group) is 1. The molecule has 160 valence electrons. The summed E-state index contributed by atoms with van der Waals surface area (Å²) in [6, 6.07) is 11.9. The molecule has 0 saturated carbocycles. The van der Waals surface area contributed by atoms with E-state index in [9.17, 15) is 9.59 Å². The quantitative estimate of drug-likeness (QED) is 0.799. The third-order valence-electron chi connectivity index (χ3n) is 6.16. The Morgan fingerprint density at radius 3 is 2.40 bits per heavy atom. The second kappa shape index (κ2) is 9.62. The number of benzene rings is 1. The SMILES string of the molecule is CCN1CCN(C(=O)c2ccccc2N2CCC(NC(=O)c3cccs3)CC2)CC1. The zero-order valence-electron chi connectivity index (χ0n) is 17.5. The summed E-state index contributed by atoms with van der Waals surface area (Å²) in [6.07, 6.45) is 1.77. The number of rotatable bonds is 5. The molecule has 1 aromatic carbocycles. The molecule has 0 aliphatic carbocycles. The molecule has 4 rings (SSSR count). The van der Waals surface area contributed by atoms with Crippen LogP contribution in [0.3, 0.4) is 0 Å². The number of nitrogens with one attached hydrogen (secondary N) is 1. The van der Waals surface area contributed by atoms with Crippen molar-refractivity contribution in [2.24, 2.45) is 0 Å². The van der Waals surface area contributed by atoms with Gasteiger partial charge in [-0.2, -0.15) is 0 Å². The smallest absolute Gasteiger partial charge is 0.261 e. The average Bonchev–Trinajstić information content (AvgIpc) is 3.34. The molecule has 0 unspecified atom stereocenters. The second-order valence-corrected chi connectivity index (χ2v) is 8.90. The molecule has 30 heavy (non-hydrogen) atoms. The number of carbonyl (C=O) groups excluding carboxylic acids is 2. The largest absolute Gasteiger partial charge is 0.371 e. The van der Waals surface area contributed by atoms with E-state index in [2.05, 4.69) is 28.1 Å². The molecule has 2 saturated heterocycles. The Morgan fingerprint density at radius 2 is 1.73 bits per heavy atom. The number of para-hydroxylation sites is 1. The van der Waals surface area contributed by atoms with Crippen LogP contribution in [0.1, 0.15) is 39.8 Å². The number of hydrogen-bond acceptors (Lipinski definition) is 5. The fourth-order valence-electron chi connectivity index (χ4n) is 4.30. The lowest BCUT2D eigenvalue weighted by Crippen LogP contribution is -2.49. The van der Waals surface area contributed by atoms with Gasteiger partial charge in [0.2, 0.25) is 0 Å². The lowest BCUT2D eigenvalue weighted by atomic mass is 10.0. The van der Waals surface area contributed by atoms with E-state index in [1.54, 1.807) is 0 Å². The minimum absolute atomic E-state index is 0.0187. The Labute approximate surface area is 182 Å². The van der Waals surface area contributed by atoms with Crippen LogP contribution in [0, 0.1) is 0 Å². The van der Waals surface area contributed by atoms with Gasteiger partial charge in [0, 0.05) is 51.0 Å². The van der Waals surface area contributed by atoms with Crippen LogP contribution in [0.4, 0.5) is 5.69 Å². The molecule has 0 radical (unpaired) electrons. The van der Waals surface area contributed by atoms with Gasteiger partial charge in [0.15, 0.2) is 0 Å². The van der Waals surface area contributed by atoms with Crippen molar-refractivity contribution in [1.82, 2.24) is 15.1 Å². The Balaban J connectivity index is 1.37. The average molecular weight is 427 g/mol. The summed E-state index contributed by atoms with van der Waals surface area (Å²) in [5.41, 5.74) is 1.81. The van der Waals surface area contributed by atoms with Crippen LogP contribution >= 0.6 is 11.3 Å². The number of amides is 2. The minimum atomic E-state index is 0.0187. The van der Waals surface area contributed by atoms with E-state index >= 15 is 0 Å². The van der Waals surface area contributed by atoms with Crippen molar-refractivity contribution in [1.29, 1.82) is 0 Å². The van der Waals surface area contributed by atoms with Crippen molar-refractivity contribution in [3.05, 3.63) is 52.2 Å². The highest BCUT2D eigenvalue weighted by Crippen LogP contribution is 2.26. The van der Waals surface area contributed by atoms with Gasteiger partial charge in [-0.25, -0.2) is 0 Å². The summed E-state index contributed by atoms with van der Waals surface area (Å²) in [5.74, 6) is 0.153. The number of hydrogen-bond donors (Lipinski definition) is 1. The summed E-state index contributed by atoms with van der Waals surface area (Å²) in [4.78, 5) is 33.0. The minimum Gasteiger partial charge on any atom is -0.371 e. The van der Waals surface area contributed by atoms with Crippen molar-refractivity contribution in [3.63, 3.8) is 0 Å². The van der Waals surface area contributed by atoms with E-state index in [-0.39, 0.29) is 17.9 Å². The van der Waals surface area contributed by atoms with Crippen LogP contribution in [-0.4, -0.2) is 73.5 Å². The molecule has 7 heteroatoms. The number of anilines is 1. The predicted octanol–water partition coefficient (Wildman–Crippen LogP) is 2.92. The fraction of sp³-hybridized carbons (Fsp3) is 0.478. The van der Waals surface area contributed by atoms with Crippen molar-refractivity contribution in [3.8, 4) is 0 Å². The first-order valence-corrected chi connectivity index (χ1v) is 11.7. The topological polar surface area (TPSA) is 55.9 Å². The highest BCUT2D eigenvalue weighted by molar-refractivity contribution is 7.12. The molecule has 2 aliphatic rings. The van der Waals surface area contributed by atoms with Crippen LogP contribution in [0.5, 0.6) is 0 Å². The van der Waals surface area contributed by atoms with Crippen LogP contribution in [0.25, 0.3) is 0 Å². The summed E-state index contributed by atoms with van der Waals surface area (Å²) in [7, 11) is 0. The third-order valence-corrected chi connectivity index (χ3v) is 7.03. The first kappa shape index (κ1) is 20.9. The maximum absolute atomic E-state index is 13.2. The molecule has 0 atom stereocenters. The second-order valence-electron chi connectivity index (χ2n) is 7.96. The molecule has 2 aromatic rings. The Hall–Kier alpha value is -2.38. The molecule has 1 aromatic heterocycles. The molecule has 2 aliphatic heterocycles. The van der Waals surface area contributed by atoms with Gasteiger partial charge in [0.05, 0.1) is 10.4 Å². The van der Waals surface area contributed by atoms with Gasteiger partial charge < -0.3 is 20.0 Å². The summed E-state index contributed by atoms with van der Waals surface area (Å²) in [6.45, 7) is 8.34. The summed E-state index contributed by atoms with van der Waals surface area (Å²) >= 11 is 1.47. The summed E-state index contributed by atoms with van der Waals surface area (Å²) < 4.78 is 0. The van der Waals surface area contributed by atoms with Gasteiger partial charge >= 0.3 is 0 Å². The van der Waals surface area contributed by atoms with Crippen molar-refractivity contribution in [2.45, 2.75) is 25.8 Å². The van der Waals surface area contributed by atoms with Crippen LogP contribution < -0.4 is 10.2 Å². The maximum Gasteiger partial charge on any atom is 0.261 e. The molecule has 0 bridgehead atoms. The van der Waals surface area contributed by atoms with E-state index in [1.807, 2.05) is 40.6 Å². The Morgan fingerprint density at radius 1 is 1.00 bits per heavy atom. The van der Waals surface area contributed by atoms with Gasteiger partial charge in [-0.1, -0.05) is 25.1 Å². The van der Waals surface area contributed by atoms with E-state index in [0.29, 0.717) is 0 Å². The Kier molecular flexibility index (Phi) is 6.69. The van der Waals surface area contributed by atoms with E-state index in [1.165, 1.54) is 11.3 Å². The summed E-state index contributed by atoms with van der Waals surface area (Å²) in [5, 5.41) is 5.08. The van der Waals surface area contributed by atoms with Gasteiger partial charge in [0.25, 0.3) is 11.8 Å². The zero-order chi connectivity index (χ0) is 20.9. The van der Waals surface area contributed by atoms with Gasteiger partial charge in [0.1, 0.15) is 0 Å². The highest BCUT2D eigenvalue weighted by Gasteiger charge is 2.27. The van der Waals surface area contributed by atoms with E-state index in [4.69, 9.17) is 0 Å². The van der Waals surface area contributed by atoms with Crippen LogP contribution in [-0.2, 0) is 0 Å². The van der Waals surface area contributed by atoms with Gasteiger partial charge in [-0.3, -0.25) is 9.59 Å². The van der Waals surface area contributed by atoms with Crippen molar-refractivity contribution in [2.75, 3.05) is 50.7 Å². The molecular weight excluding hydrogens is 396 g/mol. The predicted molar refractivity (Wildman–Crippen MR) is 121 cm³/mol. The highest BCUT2D eigenvalue weighted by atomic mass is 32.1. The molecule has 6 nitrogen and oxygen atoms in total. The molecule has 3 heterocycles. The fourth-order valence-corrected chi connectivity index (χ4v) is 4.92.